The standard InChI is InChI=1S/C16H24O3/c1-4-5-6-10-13-15(17)18-19-16(2,3)14-11-8-7-9-12-14/h7-9,11-12H,4-6,10,13H2,1-3H3. The molecule has 0 aliphatic carbocycles. The molecule has 0 aliphatic rings. The van der Waals surface area contributed by atoms with E-state index in [1.165, 1.54) is 0 Å². The van der Waals surface area contributed by atoms with E-state index in [0.29, 0.717) is 6.42 Å². The first kappa shape index (κ1) is 15.7. The molecule has 1 rings (SSSR count). The zero-order valence-corrected chi connectivity index (χ0v) is 12.1. The average molecular weight is 264 g/mol. The fraction of sp³-hybridized carbons (Fsp3) is 0.562. The Bertz CT molecular complexity index is 371. The van der Waals surface area contributed by atoms with Crippen LogP contribution in [0.4, 0.5) is 0 Å². The number of unbranched alkanes of at least 4 members (excludes halogenated alkanes) is 3. The molecule has 0 bridgehead atoms. The SMILES string of the molecule is CCCCCCC(=O)OOC(C)(C)c1ccccc1. The maximum Gasteiger partial charge on any atom is 0.342 e. The van der Waals surface area contributed by atoms with Crippen molar-refractivity contribution in [3.8, 4) is 0 Å². The summed E-state index contributed by atoms with van der Waals surface area (Å²) in [6.07, 6.45) is 4.66. The van der Waals surface area contributed by atoms with Crippen LogP contribution in [0, 0.1) is 0 Å². The van der Waals surface area contributed by atoms with Crippen LogP contribution in [0.25, 0.3) is 0 Å². The maximum absolute atomic E-state index is 11.5. The molecule has 3 heteroatoms. The second-order valence-electron chi connectivity index (χ2n) is 5.23. The maximum atomic E-state index is 11.5. The minimum Gasteiger partial charge on any atom is -0.297 e. The molecule has 1 aromatic carbocycles. The fourth-order valence-corrected chi connectivity index (χ4v) is 1.78. The summed E-state index contributed by atoms with van der Waals surface area (Å²) in [6, 6.07) is 9.73. The van der Waals surface area contributed by atoms with E-state index in [4.69, 9.17) is 9.78 Å². The summed E-state index contributed by atoms with van der Waals surface area (Å²) in [5, 5.41) is 0. The van der Waals surface area contributed by atoms with E-state index >= 15 is 0 Å². The molecule has 0 unspecified atom stereocenters. The van der Waals surface area contributed by atoms with Crippen molar-refractivity contribution >= 4 is 5.97 Å². The lowest BCUT2D eigenvalue weighted by Crippen LogP contribution is -2.23. The summed E-state index contributed by atoms with van der Waals surface area (Å²) in [6.45, 7) is 5.91. The van der Waals surface area contributed by atoms with Gasteiger partial charge in [0.25, 0.3) is 0 Å². The van der Waals surface area contributed by atoms with Gasteiger partial charge in [-0.05, 0) is 25.8 Å². The van der Waals surface area contributed by atoms with E-state index in [9.17, 15) is 4.79 Å². The lowest BCUT2D eigenvalue weighted by atomic mass is 9.99. The van der Waals surface area contributed by atoms with Crippen molar-refractivity contribution < 1.29 is 14.6 Å². The van der Waals surface area contributed by atoms with Crippen molar-refractivity contribution in [1.29, 1.82) is 0 Å². The zero-order chi connectivity index (χ0) is 14.1. The van der Waals surface area contributed by atoms with Gasteiger partial charge in [0.2, 0.25) is 0 Å². The van der Waals surface area contributed by atoms with E-state index in [1.54, 1.807) is 0 Å². The van der Waals surface area contributed by atoms with Crippen LogP contribution >= 0.6 is 0 Å². The highest BCUT2D eigenvalue weighted by molar-refractivity contribution is 5.68. The highest BCUT2D eigenvalue weighted by atomic mass is 17.2. The Morgan fingerprint density at radius 1 is 1.11 bits per heavy atom. The van der Waals surface area contributed by atoms with Gasteiger partial charge in [-0.15, -0.1) is 0 Å². The second-order valence-corrected chi connectivity index (χ2v) is 5.23. The Hall–Kier alpha value is -1.35. The average Bonchev–Trinajstić information content (AvgIpc) is 2.42. The smallest absolute Gasteiger partial charge is 0.297 e. The first-order valence-corrected chi connectivity index (χ1v) is 7.00. The van der Waals surface area contributed by atoms with Crippen molar-refractivity contribution in [2.24, 2.45) is 0 Å². The van der Waals surface area contributed by atoms with Crippen LogP contribution in [0.2, 0.25) is 0 Å². The van der Waals surface area contributed by atoms with Gasteiger partial charge in [-0.25, -0.2) is 4.79 Å². The minimum atomic E-state index is -0.625. The van der Waals surface area contributed by atoms with Crippen LogP contribution in [-0.4, -0.2) is 5.97 Å². The number of hydrogen-bond acceptors (Lipinski definition) is 3. The third kappa shape index (κ3) is 5.88. The lowest BCUT2D eigenvalue weighted by Gasteiger charge is -2.23. The van der Waals surface area contributed by atoms with Crippen LogP contribution in [0.15, 0.2) is 30.3 Å². The summed E-state index contributed by atoms with van der Waals surface area (Å²) in [7, 11) is 0. The van der Waals surface area contributed by atoms with Gasteiger partial charge in [0, 0.05) is 6.42 Å². The van der Waals surface area contributed by atoms with Crippen LogP contribution in [0.1, 0.15) is 58.4 Å². The molecule has 0 aromatic heterocycles. The number of benzene rings is 1. The predicted octanol–water partition coefficient (Wildman–Crippen LogP) is 4.37. The summed E-state index contributed by atoms with van der Waals surface area (Å²) < 4.78 is 0. The molecule has 1 aromatic rings. The van der Waals surface area contributed by atoms with Gasteiger partial charge in [-0.2, -0.15) is 4.89 Å². The topological polar surface area (TPSA) is 35.5 Å². The van der Waals surface area contributed by atoms with E-state index in [2.05, 4.69) is 6.92 Å². The highest BCUT2D eigenvalue weighted by Crippen LogP contribution is 2.24. The van der Waals surface area contributed by atoms with Gasteiger partial charge in [-0.3, -0.25) is 4.89 Å². The quantitative estimate of drug-likeness (QED) is 0.397. The number of carbonyl (C=O) groups is 1. The van der Waals surface area contributed by atoms with Crippen molar-refractivity contribution in [3.05, 3.63) is 35.9 Å². The van der Waals surface area contributed by atoms with Gasteiger partial charge in [-0.1, -0.05) is 56.5 Å². The summed E-state index contributed by atoms with van der Waals surface area (Å²) in [4.78, 5) is 21.7. The molecule has 0 aliphatic heterocycles. The number of rotatable bonds is 8. The molecule has 0 radical (unpaired) electrons. The van der Waals surface area contributed by atoms with Crippen molar-refractivity contribution in [2.45, 2.75) is 58.5 Å². The summed E-state index contributed by atoms with van der Waals surface area (Å²) in [5.41, 5.74) is 0.356. The molecule has 0 saturated carbocycles. The molecule has 106 valence electrons. The van der Waals surface area contributed by atoms with Crippen LogP contribution in [-0.2, 0) is 20.2 Å². The molecular weight excluding hydrogens is 240 g/mol. The molecule has 0 atom stereocenters. The predicted molar refractivity (Wildman–Crippen MR) is 75.4 cm³/mol. The molecule has 0 spiro atoms. The first-order valence-electron chi connectivity index (χ1n) is 7.00. The van der Waals surface area contributed by atoms with Gasteiger partial charge < -0.3 is 0 Å². The van der Waals surface area contributed by atoms with Crippen LogP contribution in [0.5, 0.6) is 0 Å². The van der Waals surface area contributed by atoms with Gasteiger partial charge in [0.15, 0.2) is 0 Å². The molecular formula is C16H24O3. The minimum absolute atomic E-state index is 0.292. The fourth-order valence-electron chi connectivity index (χ4n) is 1.78. The molecule has 19 heavy (non-hydrogen) atoms. The monoisotopic (exact) mass is 264 g/mol. The van der Waals surface area contributed by atoms with E-state index < -0.39 is 5.60 Å². The zero-order valence-electron chi connectivity index (χ0n) is 12.1. The van der Waals surface area contributed by atoms with Gasteiger partial charge >= 0.3 is 5.97 Å². The highest BCUT2D eigenvalue weighted by Gasteiger charge is 2.24. The Morgan fingerprint density at radius 3 is 2.42 bits per heavy atom. The molecule has 0 fully saturated rings. The number of hydrogen-bond donors (Lipinski definition) is 0. The van der Waals surface area contributed by atoms with Crippen molar-refractivity contribution in [1.82, 2.24) is 0 Å². The Kier molecular flexibility index (Phi) is 6.57. The molecule has 3 nitrogen and oxygen atoms in total. The Balaban J connectivity index is 2.33. The summed E-state index contributed by atoms with van der Waals surface area (Å²) in [5.74, 6) is -0.292. The van der Waals surface area contributed by atoms with E-state index in [-0.39, 0.29) is 5.97 Å². The second kappa shape index (κ2) is 7.95. The molecule has 0 saturated heterocycles. The van der Waals surface area contributed by atoms with E-state index in [0.717, 1.165) is 31.2 Å². The summed E-state index contributed by atoms with van der Waals surface area (Å²) >= 11 is 0. The molecule has 0 N–H and O–H groups in total. The van der Waals surface area contributed by atoms with Gasteiger partial charge in [0.1, 0.15) is 5.60 Å². The molecule has 0 heterocycles. The first-order chi connectivity index (χ1) is 9.06. The van der Waals surface area contributed by atoms with Gasteiger partial charge in [0.05, 0.1) is 0 Å². The normalized spacial score (nSPS) is 11.3. The molecule has 0 amide bonds. The van der Waals surface area contributed by atoms with Crippen molar-refractivity contribution in [2.75, 3.05) is 0 Å². The van der Waals surface area contributed by atoms with E-state index in [1.807, 2.05) is 44.2 Å². The Labute approximate surface area is 115 Å². The lowest BCUT2D eigenvalue weighted by molar-refractivity contribution is -0.329. The third-order valence-electron chi connectivity index (χ3n) is 3.05. The van der Waals surface area contributed by atoms with Crippen molar-refractivity contribution in [3.63, 3.8) is 0 Å². The number of carbonyl (C=O) groups excluding carboxylic acids is 1. The third-order valence-corrected chi connectivity index (χ3v) is 3.05. The van der Waals surface area contributed by atoms with Crippen LogP contribution in [0.3, 0.4) is 0 Å². The Morgan fingerprint density at radius 2 is 1.79 bits per heavy atom. The van der Waals surface area contributed by atoms with Crippen LogP contribution < -0.4 is 0 Å². The largest absolute Gasteiger partial charge is 0.342 e.